The van der Waals surface area contributed by atoms with Crippen LogP contribution in [0.4, 0.5) is 5.69 Å². The highest BCUT2D eigenvalue weighted by atomic mass is 16.4. The Hall–Kier alpha value is -1.51. The smallest absolute Gasteiger partial charge is 0.337 e. The number of aromatic carboxylic acids is 1. The van der Waals surface area contributed by atoms with Crippen molar-refractivity contribution in [2.24, 2.45) is 0 Å². The van der Waals surface area contributed by atoms with Gasteiger partial charge in [-0.1, -0.05) is 19.1 Å². The first-order valence-electron chi connectivity index (χ1n) is 5.69. The van der Waals surface area contributed by atoms with Gasteiger partial charge in [0.15, 0.2) is 0 Å². The van der Waals surface area contributed by atoms with Gasteiger partial charge in [0.05, 0.1) is 11.3 Å². The molecule has 0 aromatic heterocycles. The zero-order valence-corrected chi connectivity index (χ0v) is 10.2. The van der Waals surface area contributed by atoms with Gasteiger partial charge >= 0.3 is 5.97 Å². The van der Waals surface area contributed by atoms with Crippen molar-refractivity contribution in [3.63, 3.8) is 0 Å². The summed E-state index contributed by atoms with van der Waals surface area (Å²) in [4.78, 5) is 13.3. The van der Waals surface area contributed by atoms with E-state index in [0.29, 0.717) is 5.56 Å². The number of nitrogens with zero attached hydrogens (tertiary/aromatic N) is 1. The largest absolute Gasteiger partial charge is 0.478 e. The fourth-order valence-corrected chi connectivity index (χ4v) is 1.95. The second kappa shape index (κ2) is 5.54. The van der Waals surface area contributed by atoms with Gasteiger partial charge in [-0.05, 0) is 31.9 Å². The molecule has 0 saturated heterocycles. The Labute approximate surface area is 96.7 Å². The Kier molecular flexibility index (Phi) is 4.35. The van der Waals surface area contributed by atoms with Crippen molar-refractivity contribution < 1.29 is 9.90 Å². The number of carboxylic acid groups (broad SMARTS) is 1. The normalized spacial score (nSPS) is 10.2. The maximum atomic E-state index is 11.2. The third-order valence-corrected chi connectivity index (χ3v) is 2.66. The molecular formula is C13H19NO2. The van der Waals surface area contributed by atoms with Crippen LogP contribution in [-0.4, -0.2) is 24.2 Å². The van der Waals surface area contributed by atoms with Crippen LogP contribution in [0, 0.1) is 6.92 Å². The van der Waals surface area contributed by atoms with Crippen LogP contribution in [0.5, 0.6) is 0 Å². The summed E-state index contributed by atoms with van der Waals surface area (Å²) in [6, 6.07) is 5.42. The third-order valence-electron chi connectivity index (χ3n) is 2.66. The third kappa shape index (κ3) is 2.54. The van der Waals surface area contributed by atoms with Crippen LogP contribution in [0.15, 0.2) is 18.2 Å². The molecule has 3 nitrogen and oxygen atoms in total. The first-order chi connectivity index (χ1) is 7.61. The van der Waals surface area contributed by atoms with Gasteiger partial charge in [0.25, 0.3) is 0 Å². The Morgan fingerprint density at radius 2 is 2.06 bits per heavy atom. The maximum absolute atomic E-state index is 11.2. The van der Waals surface area contributed by atoms with Crippen LogP contribution >= 0.6 is 0 Å². The number of hydrogen-bond donors (Lipinski definition) is 1. The van der Waals surface area contributed by atoms with Crippen molar-refractivity contribution in [1.29, 1.82) is 0 Å². The van der Waals surface area contributed by atoms with E-state index in [0.717, 1.165) is 30.8 Å². The van der Waals surface area contributed by atoms with E-state index in [1.807, 2.05) is 19.9 Å². The van der Waals surface area contributed by atoms with Crippen LogP contribution in [0.1, 0.15) is 36.2 Å². The van der Waals surface area contributed by atoms with Crippen LogP contribution in [-0.2, 0) is 0 Å². The van der Waals surface area contributed by atoms with E-state index in [9.17, 15) is 9.90 Å². The molecule has 0 saturated carbocycles. The highest BCUT2D eigenvalue weighted by Gasteiger charge is 2.16. The first-order valence-corrected chi connectivity index (χ1v) is 5.69. The predicted molar refractivity (Wildman–Crippen MR) is 66.3 cm³/mol. The second-order valence-corrected chi connectivity index (χ2v) is 3.86. The number of carbonyl (C=O) groups is 1. The predicted octanol–water partition coefficient (Wildman–Crippen LogP) is 2.93. The highest BCUT2D eigenvalue weighted by Crippen LogP contribution is 2.25. The number of anilines is 1. The molecule has 16 heavy (non-hydrogen) atoms. The maximum Gasteiger partial charge on any atom is 0.337 e. The molecule has 0 spiro atoms. The lowest BCUT2D eigenvalue weighted by Gasteiger charge is -2.26. The molecule has 0 heterocycles. The zero-order valence-electron chi connectivity index (χ0n) is 10.2. The number of carboxylic acids is 1. The molecule has 0 amide bonds. The van der Waals surface area contributed by atoms with Crippen LogP contribution in [0.2, 0.25) is 0 Å². The van der Waals surface area contributed by atoms with Gasteiger partial charge in [-0.2, -0.15) is 0 Å². The van der Waals surface area contributed by atoms with E-state index in [1.54, 1.807) is 12.1 Å². The number of rotatable bonds is 5. The molecule has 0 radical (unpaired) electrons. The van der Waals surface area contributed by atoms with E-state index in [-0.39, 0.29) is 0 Å². The van der Waals surface area contributed by atoms with Crippen molar-refractivity contribution in [1.82, 2.24) is 0 Å². The number of benzene rings is 1. The average molecular weight is 221 g/mol. The standard InChI is InChI=1S/C13H19NO2/c1-4-9-14(5-2)12-10(3)7-6-8-11(12)13(15)16/h6-8H,4-5,9H2,1-3H3,(H,15,16). The fraction of sp³-hybridized carbons (Fsp3) is 0.462. The summed E-state index contributed by atoms with van der Waals surface area (Å²) in [6.45, 7) is 7.83. The summed E-state index contributed by atoms with van der Waals surface area (Å²) < 4.78 is 0. The Balaban J connectivity index is 3.22. The molecule has 1 rings (SSSR count). The lowest BCUT2D eigenvalue weighted by Crippen LogP contribution is -2.26. The number of para-hydroxylation sites is 1. The van der Waals surface area contributed by atoms with E-state index in [2.05, 4.69) is 11.8 Å². The van der Waals surface area contributed by atoms with Gasteiger partial charge in [-0.15, -0.1) is 0 Å². The van der Waals surface area contributed by atoms with E-state index in [4.69, 9.17) is 0 Å². The second-order valence-electron chi connectivity index (χ2n) is 3.86. The quantitative estimate of drug-likeness (QED) is 0.831. The molecule has 88 valence electrons. The minimum absolute atomic E-state index is 0.398. The monoisotopic (exact) mass is 221 g/mol. The van der Waals surface area contributed by atoms with Gasteiger partial charge in [-0.3, -0.25) is 0 Å². The average Bonchev–Trinajstić information content (AvgIpc) is 2.26. The fourth-order valence-electron chi connectivity index (χ4n) is 1.95. The molecule has 0 atom stereocenters. The van der Waals surface area contributed by atoms with Gasteiger partial charge in [0, 0.05) is 13.1 Å². The van der Waals surface area contributed by atoms with E-state index < -0.39 is 5.97 Å². The summed E-state index contributed by atoms with van der Waals surface area (Å²) in [5.41, 5.74) is 2.28. The molecule has 0 unspecified atom stereocenters. The summed E-state index contributed by atoms with van der Waals surface area (Å²) >= 11 is 0. The Morgan fingerprint density at radius 3 is 2.56 bits per heavy atom. The van der Waals surface area contributed by atoms with Crippen molar-refractivity contribution in [3.05, 3.63) is 29.3 Å². The lowest BCUT2D eigenvalue weighted by molar-refractivity contribution is 0.0697. The van der Waals surface area contributed by atoms with Gasteiger partial charge in [0.1, 0.15) is 0 Å². The lowest BCUT2D eigenvalue weighted by atomic mass is 10.1. The Morgan fingerprint density at radius 1 is 1.38 bits per heavy atom. The molecule has 0 fully saturated rings. The highest BCUT2D eigenvalue weighted by molar-refractivity contribution is 5.95. The van der Waals surface area contributed by atoms with Crippen LogP contribution in [0.25, 0.3) is 0 Å². The summed E-state index contributed by atoms with van der Waals surface area (Å²) in [7, 11) is 0. The summed E-state index contributed by atoms with van der Waals surface area (Å²) in [5, 5.41) is 9.18. The van der Waals surface area contributed by atoms with Gasteiger partial charge in [-0.25, -0.2) is 4.79 Å². The molecule has 0 aliphatic heterocycles. The van der Waals surface area contributed by atoms with Crippen molar-refractivity contribution in [3.8, 4) is 0 Å². The zero-order chi connectivity index (χ0) is 12.1. The number of aryl methyl sites for hydroxylation is 1. The molecule has 0 aliphatic carbocycles. The topological polar surface area (TPSA) is 40.5 Å². The van der Waals surface area contributed by atoms with E-state index in [1.165, 1.54) is 0 Å². The minimum atomic E-state index is -0.853. The molecule has 3 heteroatoms. The summed E-state index contributed by atoms with van der Waals surface area (Å²) in [5.74, 6) is -0.853. The minimum Gasteiger partial charge on any atom is -0.478 e. The van der Waals surface area contributed by atoms with Crippen molar-refractivity contribution >= 4 is 11.7 Å². The molecule has 0 bridgehead atoms. The summed E-state index contributed by atoms with van der Waals surface area (Å²) in [6.07, 6.45) is 1.02. The molecular weight excluding hydrogens is 202 g/mol. The SMILES string of the molecule is CCCN(CC)c1c(C)cccc1C(=O)O. The van der Waals surface area contributed by atoms with E-state index >= 15 is 0 Å². The Bertz CT molecular complexity index is 374. The molecule has 1 aromatic carbocycles. The molecule has 1 N–H and O–H groups in total. The molecule has 1 aromatic rings. The van der Waals surface area contributed by atoms with Crippen LogP contribution in [0.3, 0.4) is 0 Å². The number of hydrogen-bond acceptors (Lipinski definition) is 2. The van der Waals surface area contributed by atoms with Crippen molar-refractivity contribution in [2.45, 2.75) is 27.2 Å². The first kappa shape index (κ1) is 12.6. The van der Waals surface area contributed by atoms with Gasteiger partial charge in [0.2, 0.25) is 0 Å². The van der Waals surface area contributed by atoms with Crippen LogP contribution < -0.4 is 4.90 Å². The van der Waals surface area contributed by atoms with Gasteiger partial charge < -0.3 is 10.0 Å². The molecule has 0 aliphatic rings. The van der Waals surface area contributed by atoms with Crippen molar-refractivity contribution in [2.75, 3.05) is 18.0 Å².